The van der Waals surface area contributed by atoms with Crippen molar-refractivity contribution >= 4 is 5.91 Å². The molecule has 0 radical (unpaired) electrons. The number of hydrogen-bond acceptors (Lipinski definition) is 7. The van der Waals surface area contributed by atoms with Crippen LogP contribution in [0.15, 0.2) is 47.0 Å². The molecule has 2 aliphatic rings. The summed E-state index contributed by atoms with van der Waals surface area (Å²) in [5.41, 5.74) is 2.75. The average molecular weight is 449 g/mol. The predicted molar refractivity (Wildman–Crippen MR) is 123 cm³/mol. The minimum absolute atomic E-state index is 0.00601. The fourth-order valence-corrected chi connectivity index (χ4v) is 4.22. The fourth-order valence-electron chi connectivity index (χ4n) is 4.22. The zero-order chi connectivity index (χ0) is 22.6. The Bertz CT molecular complexity index is 1100. The molecule has 33 heavy (non-hydrogen) atoms. The monoisotopic (exact) mass is 448 g/mol. The van der Waals surface area contributed by atoms with Gasteiger partial charge in [0.15, 0.2) is 11.5 Å². The van der Waals surface area contributed by atoms with E-state index in [1.807, 2.05) is 47.4 Å². The molecule has 0 saturated carbocycles. The molecule has 3 heterocycles. The second-order valence-electron chi connectivity index (χ2n) is 8.44. The molecule has 0 bridgehead atoms. The second kappa shape index (κ2) is 9.62. The van der Waals surface area contributed by atoms with Crippen molar-refractivity contribution < 1.29 is 18.8 Å². The summed E-state index contributed by atoms with van der Waals surface area (Å²) in [6.07, 6.45) is 1.67. The number of piperazine rings is 1. The topological polar surface area (TPSA) is 80.9 Å². The summed E-state index contributed by atoms with van der Waals surface area (Å²) in [6.45, 7) is 7.05. The summed E-state index contributed by atoms with van der Waals surface area (Å²) in [5, 5.41) is 4.11. The number of rotatable bonds is 6. The summed E-state index contributed by atoms with van der Waals surface area (Å²) < 4.78 is 16.8. The molecule has 172 valence electrons. The highest BCUT2D eigenvalue weighted by Crippen LogP contribution is 2.34. The Labute approximate surface area is 193 Å². The second-order valence-corrected chi connectivity index (χ2v) is 8.44. The molecule has 0 unspecified atom stereocenters. The first-order chi connectivity index (χ1) is 16.2. The Morgan fingerprint density at radius 2 is 1.79 bits per heavy atom. The van der Waals surface area contributed by atoms with Gasteiger partial charge in [0.1, 0.15) is 13.2 Å². The Morgan fingerprint density at radius 1 is 1.00 bits per heavy atom. The third-order valence-corrected chi connectivity index (χ3v) is 6.10. The third-order valence-electron chi connectivity index (χ3n) is 6.10. The van der Waals surface area contributed by atoms with Gasteiger partial charge in [-0.2, -0.15) is 4.98 Å². The molecule has 8 nitrogen and oxygen atoms in total. The quantitative estimate of drug-likeness (QED) is 0.573. The lowest BCUT2D eigenvalue weighted by Gasteiger charge is -2.35. The zero-order valence-corrected chi connectivity index (χ0v) is 18.8. The highest BCUT2D eigenvalue weighted by Gasteiger charge is 2.27. The van der Waals surface area contributed by atoms with E-state index in [1.54, 1.807) is 0 Å². The smallest absolute Gasteiger partial charge is 0.257 e. The van der Waals surface area contributed by atoms with E-state index in [2.05, 4.69) is 22.0 Å². The van der Waals surface area contributed by atoms with Crippen molar-refractivity contribution in [2.45, 2.75) is 19.8 Å². The number of aromatic nitrogens is 2. The Hall–Kier alpha value is -3.39. The minimum atomic E-state index is 0.00601. The molecule has 1 aromatic heterocycles. The van der Waals surface area contributed by atoms with Crippen LogP contribution in [0.4, 0.5) is 0 Å². The lowest BCUT2D eigenvalue weighted by molar-refractivity contribution is 0.0626. The van der Waals surface area contributed by atoms with Crippen LogP contribution in [0.5, 0.6) is 11.5 Å². The van der Waals surface area contributed by atoms with E-state index < -0.39 is 0 Å². The van der Waals surface area contributed by atoms with E-state index in [-0.39, 0.29) is 5.91 Å². The molecule has 0 spiro atoms. The van der Waals surface area contributed by atoms with E-state index in [4.69, 9.17) is 14.0 Å². The summed E-state index contributed by atoms with van der Waals surface area (Å²) in [7, 11) is 0. The molecular formula is C25H28N4O4. The average Bonchev–Trinajstić information content (AvgIpc) is 3.33. The van der Waals surface area contributed by atoms with Crippen LogP contribution in [0, 0.1) is 6.92 Å². The largest absolute Gasteiger partial charge is 0.486 e. The van der Waals surface area contributed by atoms with Crippen molar-refractivity contribution in [3.63, 3.8) is 0 Å². The van der Waals surface area contributed by atoms with Crippen LogP contribution in [0.25, 0.3) is 11.4 Å². The van der Waals surface area contributed by atoms with Gasteiger partial charge < -0.3 is 18.9 Å². The van der Waals surface area contributed by atoms with Crippen molar-refractivity contribution in [3.05, 3.63) is 59.5 Å². The number of amides is 1. The summed E-state index contributed by atoms with van der Waals surface area (Å²) in [4.78, 5) is 21.9. The summed E-state index contributed by atoms with van der Waals surface area (Å²) in [5.74, 6) is 2.52. The molecule has 1 saturated heterocycles. The predicted octanol–water partition coefficient (Wildman–Crippen LogP) is 3.21. The minimum Gasteiger partial charge on any atom is -0.486 e. The molecule has 8 heteroatoms. The van der Waals surface area contributed by atoms with Crippen LogP contribution < -0.4 is 9.47 Å². The molecule has 0 atom stereocenters. The first-order valence-corrected chi connectivity index (χ1v) is 11.5. The number of benzene rings is 2. The van der Waals surface area contributed by atoms with Crippen LogP contribution in [0.1, 0.15) is 28.2 Å². The van der Waals surface area contributed by atoms with E-state index in [9.17, 15) is 4.79 Å². The lowest BCUT2D eigenvalue weighted by atomic mass is 10.1. The number of carbonyl (C=O) groups is 1. The number of aryl methyl sites for hydroxylation is 2. The van der Waals surface area contributed by atoms with Gasteiger partial charge in [-0.3, -0.25) is 9.69 Å². The van der Waals surface area contributed by atoms with E-state index in [1.165, 1.54) is 5.56 Å². The first-order valence-electron chi connectivity index (χ1n) is 11.5. The number of ether oxygens (including phenoxy) is 2. The molecule has 1 fully saturated rings. The van der Waals surface area contributed by atoms with E-state index in [0.29, 0.717) is 55.1 Å². The maximum atomic E-state index is 13.1. The van der Waals surface area contributed by atoms with Gasteiger partial charge >= 0.3 is 0 Å². The molecule has 1 amide bonds. The Kier molecular flexibility index (Phi) is 6.26. The van der Waals surface area contributed by atoms with Gasteiger partial charge in [0.25, 0.3) is 5.91 Å². The number of fused-ring (bicyclic) bond motifs is 1. The maximum absolute atomic E-state index is 13.1. The first kappa shape index (κ1) is 21.5. The number of para-hydroxylation sites is 1. The molecule has 0 aliphatic carbocycles. The molecule has 2 aromatic carbocycles. The van der Waals surface area contributed by atoms with Crippen molar-refractivity contribution in [1.82, 2.24) is 19.9 Å². The standard InChI is InChI=1S/C25H28N4O4/c1-18-7-9-19(10-8-18)24-26-22(33-27-24)6-3-11-28-12-14-29(15-13-28)25(30)20-4-2-5-21-23(20)32-17-16-31-21/h2,4-5,7-10H,3,6,11-17H2,1H3. The van der Waals surface area contributed by atoms with Crippen molar-refractivity contribution in [2.75, 3.05) is 45.9 Å². The van der Waals surface area contributed by atoms with Crippen molar-refractivity contribution in [3.8, 4) is 22.9 Å². The van der Waals surface area contributed by atoms with Crippen LogP contribution in [-0.2, 0) is 6.42 Å². The lowest BCUT2D eigenvalue weighted by Crippen LogP contribution is -2.49. The molecule has 5 rings (SSSR count). The van der Waals surface area contributed by atoms with Crippen molar-refractivity contribution in [1.29, 1.82) is 0 Å². The van der Waals surface area contributed by atoms with Gasteiger partial charge in [0.05, 0.1) is 5.56 Å². The van der Waals surface area contributed by atoms with Crippen LogP contribution in [0.2, 0.25) is 0 Å². The van der Waals surface area contributed by atoms with Crippen LogP contribution in [-0.4, -0.2) is 71.8 Å². The van der Waals surface area contributed by atoms with Gasteiger partial charge in [0, 0.05) is 38.2 Å². The highest BCUT2D eigenvalue weighted by atomic mass is 16.6. The van der Waals surface area contributed by atoms with E-state index >= 15 is 0 Å². The Balaban J connectivity index is 1.09. The van der Waals surface area contributed by atoms with Gasteiger partial charge in [-0.05, 0) is 32.0 Å². The maximum Gasteiger partial charge on any atom is 0.257 e. The van der Waals surface area contributed by atoms with Crippen molar-refractivity contribution in [2.24, 2.45) is 0 Å². The van der Waals surface area contributed by atoms with Gasteiger partial charge in [-0.1, -0.05) is 41.1 Å². The van der Waals surface area contributed by atoms with E-state index in [0.717, 1.165) is 38.0 Å². The molecule has 3 aromatic rings. The Morgan fingerprint density at radius 3 is 2.61 bits per heavy atom. The fraction of sp³-hybridized carbons (Fsp3) is 0.400. The normalized spacial score (nSPS) is 16.1. The molecule has 0 N–H and O–H groups in total. The van der Waals surface area contributed by atoms with Gasteiger partial charge in [-0.25, -0.2) is 0 Å². The van der Waals surface area contributed by atoms with Gasteiger partial charge in [0.2, 0.25) is 11.7 Å². The SMILES string of the molecule is Cc1ccc(-c2noc(CCCN3CCN(C(=O)c4cccc5c4OCCO5)CC3)n2)cc1. The molecule has 2 aliphatic heterocycles. The number of hydrogen-bond donors (Lipinski definition) is 0. The summed E-state index contributed by atoms with van der Waals surface area (Å²) in [6, 6.07) is 13.6. The highest BCUT2D eigenvalue weighted by molar-refractivity contribution is 5.98. The van der Waals surface area contributed by atoms with Gasteiger partial charge in [-0.15, -0.1) is 0 Å². The third kappa shape index (κ3) is 4.85. The molecular weight excluding hydrogens is 420 g/mol. The number of nitrogens with zero attached hydrogens (tertiary/aromatic N) is 4. The van der Waals surface area contributed by atoms with Crippen LogP contribution >= 0.6 is 0 Å². The summed E-state index contributed by atoms with van der Waals surface area (Å²) >= 11 is 0. The van der Waals surface area contributed by atoms with Crippen LogP contribution in [0.3, 0.4) is 0 Å². The number of carbonyl (C=O) groups excluding carboxylic acids is 1. The zero-order valence-electron chi connectivity index (χ0n) is 18.8.